The van der Waals surface area contributed by atoms with Crippen LogP contribution >= 0.6 is 0 Å². The molecule has 4 heteroatoms. The first kappa shape index (κ1) is 9.42. The van der Waals surface area contributed by atoms with Crippen molar-refractivity contribution in [2.75, 3.05) is 0 Å². The van der Waals surface area contributed by atoms with Crippen LogP contribution in [0.5, 0.6) is 0 Å². The molecule has 0 radical (unpaired) electrons. The summed E-state index contributed by atoms with van der Waals surface area (Å²) in [7, 11) is 0. The summed E-state index contributed by atoms with van der Waals surface area (Å²) in [4.78, 5) is 10.0. The zero-order valence-corrected chi connectivity index (χ0v) is 6.69. The minimum atomic E-state index is -2.56. The molecule has 1 fully saturated rings. The maximum absolute atomic E-state index is 12.6. The number of hydrogen-bond donors (Lipinski definition) is 0. The van der Waals surface area contributed by atoms with Crippen LogP contribution in [0.25, 0.3) is 0 Å². The van der Waals surface area contributed by atoms with E-state index in [-0.39, 0.29) is 25.2 Å². The van der Waals surface area contributed by atoms with E-state index in [4.69, 9.17) is 0 Å². The Labute approximate surface area is 69.6 Å². The van der Waals surface area contributed by atoms with Crippen molar-refractivity contribution >= 4 is 5.97 Å². The minimum absolute atomic E-state index is 0.0925. The molecule has 0 heterocycles. The molecule has 0 aromatic carbocycles. The van der Waals surface area contributed by atoms with Gasteiger partial charge < -0.3 is 9.90 Å². The van der Waals surface area contributed by atoms with Gasteiger partial charge in [0.05, 0.1) is 0 Å². The molecule has 1 rings (SSSR count). The molecular formula is C8H11F2O2-. The SMILES string of the molecule is O=C([O-])CCC1CCC(F)(F)C1. The number of carbonyl (C=O) groups excluding carboxylic acids is 1. The molecule has 1 atom stereocenters. The molecule has 12 heavy (non-hydrogen) atoms. The van der Waals surface area contributed by atoms with Gasteiger partial charge in [-0.15, -0.1) is 0 Å². The van der Waals surface area contributed by atoms with Crippen molar-refractivity contribution in [1.29, 1.82) is 0 Å². The van der Waals surface area contributed by atoms with Crippen molar-refractivity contribution in [1.82, 2.24) is 0 Å². The van der Waals surface area contributed by atoms with Crippen molar-refractivity contribution in [3.05, 3.63) is 0 Å². The van der Waals surface area contributed by atoms with Gasteiger partial charge in [-0.25, -0.2) is 8.78 Å². The van der Waals surface area contributed by atoms with Gasteiger partial charge in [-0.1, -0.05) is 0 Å². The second-order valence-corrected chi connectivity index (χ2v) is 3.38. The summed E-state index contributed by atoms with van der Waals surface area (Å²) in [6, 6.07) is 0. The predicted molar refractivity (Wildman–Crippen MR) is 36.5 cm³/mol. The van der Waals surface area contributed by atoms with Crippen LogP contribution in [0.3, 0.4) is 0 Å². The lowest BCUT2D eigenvalue weighted by Crippen LogP contribution is -2.22. The highest BCUT2D eigenvalue weighted by atomic mass is 19.3. The van der Waals surface area contributed by atoms with Gasteiger partial charge in [0.15, 0.2) is 0 Å². The van der Waals surface area contributed by atoms with Crippen molar-refractivity contribution in [2.24, 2.45) is 5.92 Å². The molecule has 0 saturated heterocycles. The topological polar surface area (TPSA) is 40.1 Å². The Morgan fingerprint density at radius 2 is 2.25 bits per heavy atom. The van der Waals surface area contributed by atoms with E-state index in [2.05, 4.69) is 0 Å². The number of carboxylic acids is 1. The fourth-order valence-electron chi connectivity index (χ4n) is 1.61. The highest BCUT2D eigenvalue weighted by molar-refractivity contribution is 5.64. The van der Waals surface area contributed by atoms with Gasteiger partial charge in [0, 0.05) is 18.8 Å². The lowest BCUT2D eigenvalue weighted by Gasteiger charge is -2.10. The van der Waals surface area contributed by atoms with Crippen molar-refractivity contribution in [2.45, 2.75) is 38.0 Å². The molecule has 1 saturated carbocycles. The Hall–Kier alpha value is -0.670. The van der Waals surface area contributed by atoms with Gasteiger partial charge in [0.25, 0.3) is 0 Å². The van der Waals surface area contributed by atoms with Crippen molar-refractivity contribution in [3.8, 4) is 0 Å². The quantitative estimate of drug-likeness (QED) is 0.644. The lowest BCUT2D eigenvalue weighted by atomic mass is 10.0. The van der Waals surface area contributed by atoms with Gasteiger partial charge in [-0.3, -0.25) is 0 Å². The Morgan fingerprint density at radius 3 is 2.67 bits per heavy atom. The van der Waals surface area contributed by atoms with Crippen LogP contribution in [-0.4, -0.2) is 11.9 Å². The van der Waals surface area contributed by atoms with Crippen LogP contribution in [0.4, 0.5) is 8.78 Å². The molecule has 70 valence electrons. The van der Waals surface area contributed by atoms with Crippen LogP contribution in [-0.2, 0) is 4.79 Å². The van der Waals surface area contributed by atoms with Crippen LogP contribution in [0, 0.1) is 5.92 Å². The number of halogens is 2. The third kappa shape index (κ3) is 2.75. The summed E-state index contributed by atoms with van der Waals surface area (Å²) in [5, 5.41) is 10.0. The van der Waals surface area contributed by atoms with Gasteiger partial charge in [0.1, 0.15) is 0 Å². The summed E-state index contributed by atoms with van der Waals surface area (Å²) in [6.45, 7) is 0. The third-order valence-electron chi connectivity index (χ3n) is 2.26. The normalized spacial score (nSPS) is 27.3. The van der Waals surface area contributed by atoms with Gasteiger partial charge >= 0.3 is 0 Å². The fourth-order valence-corrected chi connectivity index (χ4v) is 1.61. The second kappa shape index (κ2) is 3.37. The maximum atomic E-state index is 12.6. The van der Waals surface area contributed by atoms with E-state index in [1.54, 1.807) is 0 Å². The molecule has 0 bridgehead atoms. The molecule has 2 nitrogen and oxygen atoms in total. The fraction of sp³-hybridized carbons (Fsp3) is 0.875. The van der Waals surface area contributed by atoms with Crippen molar-refractivity contribution < 1.29 is 18.7 Å². The maximum Gasteiger partial charge on any atom is 0.248 e. The minimum Gasteiger partial charge on any atom is -0.550 e. The highest BCUT2D eigenvalue weighted by Gasteiger charge is 2.38. The molecule has 1 aliphatic carbocycles. The van der Waals surface area contributed by atoms with Gasteiger partial charge in [-0.2, -0.15) is 0 Å². The predicted octanol–water partition coefficient (Wildman–Crippen LogP) is 0.952. The molecule has 1 unspecified atom stereocenters. The summed E-state index contributed by atoms with van der Waals surface area (Å²) in [5.74, 6) is -3.83. The summed E-state index contributed by atoms with van der Waals surface area (Å²) in [6.07, 6.45) is 0.434. The highest BCUT2D eigenvalue weighted by Crippen LogP contribution is 2.40. The van der Waals surface area contributed by atoms with Gasteiger partial charge in [0.2, 0.25) is 5.92 Å². The van der Waals surface area contributed by atoms with Gasteiger partial charge in [-0.05, 0) is 25.2 Å². The van der Waals surface area contributed by atoms with E-state index in [0.29, 0.717) is 12.8 Å². The molecular weight excluding hydrogens is 166 g/mol. The number of alkyl halides is 2. The van der Waals surface area contributed by atoms with E-state index in [9.17, 15) is 18.7 Å². The van der Waals surface area contributed by atoms with Crippen LogP contribution in [0.2, 0.25) is 0 Å². The third-order valence-corrected chi connectivity index (χ3v) is 2.26. The van der Waals surface area contributed by atoms with E-state index in [1.165, 1.54) is 0 Å². The molecule has 0 amide bonds. The second-order valence-electron chi connectivity index (χ2n) is 3.38. The van der Waals surface area contributed by atoms with Crippen LogP contribution in [0.15, 0.2) is 0 Å². The van der Waals surface area contributed by atoms with E-state index < -0.39 is 11.9 Å². The Balaban J connectivity index is 2.24. The number of carboxylic acid groups (broad SMARTS) is 1. The molecule has 0 aromatic heterocycles. The summed E-state index contributed by atoms with van der Waals surface area (Å²) >= 11 is 0. The van der Waals surface area contributed by atoms with Crippen LogP contribution in [0.1, 0.15) is 32.1 Å². The van der Waals surface area contributed by atoms with E-state index >= 15 is 0 Å². The first-order valence-corrected chi connectivity index (χ1v) is 4.07. The lowest BCUT2D eigenvalue weighted by molar-refractivity contribution is -0.306. The smallest absolute Gasteiger partial charge is 0.248 e. The Bertz CT molecular complexity index is 180. The average Bonchev–Trinajstić information content (AvgIpc) is 2.26. The first-order chi connectivity index (χ1) is 5.49. The van der Waals surface area contributed by atoms with E-state index in [1.807, 2.05) is 0 Å². The largest absolute Gasteiger partial charge is 0.550 e. The standard InChI is InChI=1S/C8H12F2O2/c9-8(10)4-3-6(5-8)1-2-7(11)12/h6H,1-5H2,(H,11,12)/p-1. The molecule has 1 aliphatic rings. The monoisotopic (exact) mass is 177 g/mol. The molecule has 0 N–H and O–H groups in total. The summed E-state index contributed by atoms with van der Waals surface area (Å²) in [5.41, 5.74) is 0. The zero-order chi connectivity index (χ0) is 9.19. The van der Waals surface area contributed by atoms with Crippen LogP contribution < -0.4 is 5.11 Å². The number of rotatable bonds is 3. The number of aliphatic carboxylic acids is 1. The van der Waals surface area contributed by atoms with E-state index in [0.717, 1.165) is 0 Å². The molecule has 0 aliphatic heterocycles. The number of carbonyl (C=O) groups is 1. The Morgan fingerprint density at radius 1 is 1.58 bits per heavy atom. The first-order valence-electron chi connectivity index (χ1n) is 4.07. The average molecular weight is 177 g/mol. The zero-order valence-electron chi connectivity index (χ0n) is 6.69. The number of hydrogen-bond acceptors (Lipinski definition) is 2. The Kier molecular flexibility index (Phi) is 2.65. The summed E-state index contributed by atoms with van der Waals surface area (Å²) < 4.78 is 25.1. The molecule has 0 spiro atoms. The van der Waals surface area contributed by atoms with Crippen molar-refractivity contribution in [3.63, 3.8) is 0 Å². The molecule has 0 aromatic rings.